The molecule has 3 atom stereocenters. The van der Waals surface area contributed by atoms with Gasteiger partial charge in [0.2, 0.25) is 0 Å². The van der Waals surface area contributed by atoms with Gasteiger partial charge in [0.05, 0.1) is 18.2 Å². The van der Waals surface area contributed by atoms with Crippen molar-refractivity contribution in [3.05, 3.63) is 0 Å². The molecule has 0 aromatic carbocycles. The van der Waals surface area contributed by atoms with Crippen LogP contribution >= 0.6 is 0 Å². The van der Waals surface area contributed by atoms with Gasteiger partial charge in [-0.15, -0.1) is 0 Å². The summed E-state index contributed by atoms with van der Waals surface area (Å²) >= 11 is 0. The second-order valence-corrected chi connectivity index (χ2v) is 3.47. The first kappa shape index (κ1) is 9.96. The quantitative estimate of drug-likeness (QED) is 0.628. The molecule has 1 aliphatic heterocycles. The monoisotopic (exact) mass is 173 g/mol. The molecule has 3 nitrogen and oxygen atoms in total. The summed E-state index contributed by atoms with van der Waals surface area (Å²) in [6, 6.07) is 0.417. The normalized spacial score (nSPS) is 34.0. The molecule has 0 saturated carbocycles. The van der Waals surface area contributed by atoms with Crippen molar-refractivity contribution in [2.24, 2.45) is 0 Å². The Bertz CT molecular complexity index is 140. The maximum atomic E-state index is 5.40. The van der Waals surface area contributed by atoms with Crippen LogP contribution in [0.4, 0.5) is 0 Å². The van der Waals surface area contributed by atoms with E-state index >= 15 is 0 Å². The van der Waals surface area contributed by atoms with Gasteiger partial charge >= 0.3 is 0 Å². The van der Waals surface area contributed by atoms with E-state index in [0.717, 1.165) is 13.0 Å². The number of likely N-dealkylation sites (N-methyl/N-ethyl adjacent to an activating group) is 1. The maximum Gasteiger partial charge on any atom is 0.0763 e. The van der Waals surface area contributed by atoms with Gasteiger partial charge in [-0.25, -0.2) is 0 Å². The standard InChI is InChI=1S/C9H19NO2/c1-7(11-3)9-8(12-4)5-6-10(9)2/h7-9H,5-6H2,1-4H3. The van der Waals surface area contributed by atoms with Crippen LogP contribution in [0.15, 0.2) is 0 Å². The predicted molar refractivity (Wildman–Crippen MR) is 48.3 cm³/mol. The number of hydrogen-bond donors (Lipinski definition) is 0. The molecule has 12 heavy (non-hydrogen) atoms. The minimum Gasteiger partial charge on any atom is -0.380 e. The smallest absolute Gasteiger partial charge is 0.0763 e. The Morgan fingerprint density at radius 1 is 1.42 bits per heavy atom. The van der Waals surface area contributed by atoms with E-state index < -0.39 is 0 Å². The van der Waals surface area contributed by atoms with E-state index in [9.17, 15) is 0 Å². The molecule has 0 bridgehead atoms. The lowest BCUT2D eigenvalue weighted by molar-refractivity contribution is -0.0115. The van der Waals surface area contributed by atoms with Gasteiger partial charge in [0.1, 0.15) is 0 Å². The molecule has 0 spiro atoms. The van der Waals surface area contributed by atoms with Crippen molar-refractivity contribution in [3.8, 4) is 0 Å². The lowest BCUT2D eigenvalue weighted by Gasteiger charge is -2.28. The molecule has 3 unspecified atom stereocenters. The highest BCUT2D eigenvalue weighted by Gasteiger charge is 2.35. The van der Waals surface area contributed by atoms with Crippen LogP contribution in [0.1, 0.15) is 13.3 Å². The molecule has 0 aromatic heterocycles. The molecule has 3 heteroatoms. The third kappa shape index (κ3) is 1.79. The Morgan fingerprint density at radius 3 is 2.58 bits per heavy atom. The second kappa shape index (κ2) is 4.21. The fourth-order valence-corrected chi connectivity index (χ4v) is 1.99. The average molecular weight is 173 g/mol. The lowest BCUT2D eigenvalue weighted by Crippen LogP contribution is -2.42. The van der Waals surface area contributed by atoms with Crippen LogP contribution in [-0.4, -0.2) is 51.0 Å². The van der Waals surface area contributed by atoms with Crippen molar-refractivity contribution in [1.29, 1.82) is 0 Å². The first-order valence-corrected chi connectivity index (χ1v) is 4.46. The fraction of sp³-hybridized carbons (Fsp3) is 1.00. The minimum absolute atomic E-state index is 0.252. The van der Waals surface area contributed by atoms with Gasteiger partial charge < -0.3 is 9.47 Å². The number of nitrogens with zero attached hydrogens (tertiary/aromatic N) is 1. The highest BCUT2D eigenvalue weighted by atomic mass is 16.5. The first-order chi connectivity index (χ1) is 5.70. The largest absolute Gasteiger partial charge is 0.380 e. The number of rotatable bonds is 3. The molecule has 0 aliphatic carbocycles. The van der Waals surface area contributed by atoms with Crippen LogP contribution in [0.3, 0.4) is 0 Å². The molecule has 1 saturated heterocycles. The molecule has 72 valence electrons. The third-order valence-corrected chi connectivity index (χ3v) is 2.81. The highest BCUT2D eigenvalue weighted by Crippen LogP contribution is 2.22. The Morgan fingerprint density at radius 2 is 2.08 bits per heavy atom. The number of methoxy groups -OCH3 is 2. The van der Waals surface area contributed by atoms with Gasteiger partial charge in [-0.1, -0.05) is 0 Å². The molecular formula is C9H19NO2. The van der Waals surface area contributed by atoms with Crippen LogP contribution in [0.2, 0.25) is 0 Å². The van der Waals surface area contributed by atoms with E-state index in [-0.39, 0.29) is 6.10 Å². The van der Waals surface area contributed by atoms with Gasteiger partial charge in [-0.05, 0) is 20.4 Å². The predicted octanol–water partition coefficient (Wildman–Crippen LogP) is 0.740. The van der Waals surface area contributed by atoms with E-state index in [0.29, 0.717) is 12.1 Å². The summed E-state index contributed by atoms with van der Waals surface area (Å²) in [5.41, 5.74) is 0. The van der Waals surface area contributed by atoms with Gasteiger partial charge in [-0.3, -0.25) is 4.90 Å². The van der Waals surface area contributed by atoms with E-state index in [1.807, 2.05) is 0 Å². The van der Waals surface area contributed by atoms with Crippen molar-refractivity contribution in [2.45, 2.75) is 31.6 Å². The lowest BCUT2D eigenvalue weighted by atomic mass is 10.1. The Hall–Kier alpha value is -0.120. The summed E-state index contributed by atoms with van der Waals surface area (Å²) in [6.45, 7) is 3.20. The van der Waals surface area contributed by atoms with E-state index in [1.165, 1.54) is 0 Å². The van der Waals surface area contributed by atoms with Gasteiger partial charge in [0.15, 0.2) is 0 Å². The molecule has 1 heterocycles. The third-order valence-electron chi connectivity index (χ3n) is 2.81. The van der Waals surface area contributed by atoms with Crippen molar-refractivity contribution >= 4 is 0 Å². The molecule has 1 fully saturated rings. The summed E-state index contributed by atoms with van der Waals surface area (Å²) in [5.74, 6) is 0. The van der Waals surface area contributed by atoms with Crippen LogP contribution in [0.25, 0.3) is 0 Å². The van der Waals surface area contributed by atoms with E-state index in [1.54, 1.807) is 14.2 Å². The molecular weight excluding hydrogens is 154 g/mol. The van der Waals surface area contributed by atoms with Crippen molar-refractivity contribution < 1.29 is 9.47 Å². The summed E-state index contributed by atoms with van der Waals surface area (Å²) in [7, 11) is 5.65. The second-order valence-electron chi connectivity index (χ2n) is 3.47. The zero-order valence-corrected chi connectivity index (χ0v) is 8.41. The summed E-state index contributed by atoms with van der Waals surface area (Å²) in [6.07, 6.45) is 1.71. The Labute approximate surface area is 74.6 Å². The molecule has 0 aromatic rings. The number of likely N-dealkylation sites (tertiary alicyclic amines) is 1. The van der Waals surface area contributed by atoms with Crippen LogP contribution in [-0.2, 0) is 9.47 Å². The van der Waals surface area contributed by atoms with Gasteiger partial charge in [-0.2, -0.15) is 0 Å². The fourth-order valence-electron chi connectivity index (χ4n) is 1.99. The topological polar surface area (TPSA) is 21.7 Å². The maximum absolute atomic E-state index is 5.40. The zero-order valence-electron chi connectivity index (χ0n) is 8.41. The SMILES string of the molecule is COC(C)C1C(OC)CCN1C. The van der Waals surface area contributed by atoms with Crippen molar-refractivity contribution in [3.63, 3.8) is 0 Å². The molecule has 0 radical (unpaired) electrons. The molecule has 0 N–H and O–H groups in total. The van der Waals surface area contributed by atoms with E-state index in [2.05, 4.69) is 18.9 Å². The average Bonchev–Trinajstić information content (AvgIpc) is 2.45. The van der Waals surface area contributed by atoms with Gasteiger partial charge in [0, 0.05) is 20.8 Å². The highest BCUT2D eigenvalue weighted by molar-refractivity contribution is 4.89. The van der Waals surface area contributed by atoms with Crippen LogP contribution in [0.5, 0.6) is 0 Å². The van der Waals surface area contributed by atoms with Crippen LogP contribution in [0, 0.1) is 0 Å². The molecule has 0 amide bonds. The molecule has 1 aliphatic rings. The zero-order chi connectivity index (χ0) is 9.14. The Kier molecular flexibility index (Phi) is 3.50. The number of ether oxygens (including phenoxy) is 2. The van der Waals surface area contributed by atoms with Crippen molar-refractivity contribution in [2.75, 3.05) is 27.8 Å². The minimum atomic E-state index is 0.252. The summed E-state index contributed by atoms with van der Waals surface area (Å²) < 4.78 is 10.7. The Balaban J connectivity index is 2.56. The van der Waals surface area contributed by atoms with Gasteiger partial charge in [0.25, 0.3) is 0 Å². The first-order valence-electron chi connectivity index (χ1n) is 4.46. The number of hydrogen-bond acceptors (Lipinski definition) is 3. The van der Waals surface area contributed by atoms with Crippen molar-refractivity contribution in [1.82, 2.24) is 4.90 Å². The molecule has 1 rings (SSSR count). The van der Waals surface area contributed by atoms with Crippen LogP contribution < -0.4 is 0 Å². The summed E-state index contributed by atoms with van der Waals surface area (Å²) in [5, 5.41) is 0. The van der Waals surface area contributed by atoms with E-state index in [4.69, 9.17) is 9.47 Å². The summed E-state index contributed by atoms with van der Waals surface area (Å²) in [4.78, 5) is 2.31.